The second-order valence-corrected chi connectivity index (χ2v) is 6.16. The standard InChI is InChI=1S/C20H14F4N2/c21-15-5-6-18-16(11-15)17-12-25-9-7-19(17)26(18)10-8-13-1-3-14(4-2-13)20(22,23)24/h1-6,11,25H,7,9,12H2. The number of nitrogens with one attached hydrogen (secondary N) is 1. The monoisotopic (exact) mass is 358 g/mol. The van der Waals surface area contributed by atoms with Crippen molar-refractivity contribution in [3.63, 3.8) is 0 Å². The van der Waals surface area contributed by atoms with Crippen LogP contribution in [0.4, 0.5) is 17.6 Å². The average Bonchev–Trinajstić information content (AvgIpc) is 2.93. The Morgan fingerprint density at radius 1 is 1.04 bits per heavy atom. The second kappa shape index (κ2) is 6.19. The number of halogens is 4. The molecule has 0 radical (unpaired) electrons. The molecule has 3 aromatic rings. The first-order chi connectivity index (χ1) is 12.4. The summed E-state index contributed by atoms with van der Waals surface area (Å²) in [5.74, 6) is 2.61. The minimum absolute atomic E-state index is 0.307. The van der Waals surface area contributed by atoms with E-state index in [4.69, 9.17) is 0 Å². The van der Waals surface area contributed by atoms with Crippen molar-refractivity contribution in [3.05, 3.63) is 70.7 Å². The van der Waals surface area contributed by atoms with Crippen LogP contribution in [0.2, 0.25) is 0 Å². The first-order valence-electron chi connectivity index (χ1n) is 8.15. The van der Waals surface area contributed by atoms with Crippen molar-refractivity contribution < 1.29 is 17.6 Å². The van der Waals surface area contributed by atoms with Gasteiger partial charge in [0.15, 0.2) is 0 Å². The third-order valence-electron chi connectivity index (χ3n) is 4.51. The van der Waals surface area contributed by atoms with Crippen molar-refractivity contribution >= 4 is 10.9 Å². The third-order valence-corrected chi connectivity index (χ3v) is 4.51. The molecule has 0 saturated heterocycles. The maximum atomic E-state index is 13.6. The predicted octanol–water partition coefficient (Wildman–Crippen LogP) is 4.30. The second-order valence-electron chi connectivity index (χ2n) is 6.16. The molecule has 26 heavy (non-hydrogen) atoms. The number of rotatable bonds is 0. The molecule has 0 spiro atoms. The lowest BCUT2D eigenvalue weighted by molar-refractivity contribution is -0.137. The number of nitrogens with zero attached hydrogens (tertiary/aromatic N) is 1. The highest BCUT2D eigenvalue weighted by Gasteiger charge is 2.29. The van der Waals surface area contributed by atoms with Gasteiger partial charge in [-0.15, -0.1) is 0 Å². The Morgan fingerprint density at radius 3 is 2.54 bits per heavy atom. The molecule has 1 aliphatic heterocycles. The summed E-state index contributed by atoms with van der Waals surface area (Å²) in [6.45, 7) is 1.44. The van der Waals surface area contributed by atoms with E-state index in [-0.39, 0.29) is 5.82 Å². The summed E-state index contributed by atoms with van der Waals surface area (Å²) in [6.07, 6.45) is -3.61. The van der Waals surface area contributed by atoms with Crippen molar-refractivity contribution in [1.82, 2.24) is 9.88 Å². The molecule has 0 aliphatic carbocycles. The van der Waals surface area contributed by atoms with Gasteiger partial charge >= 0.3 is 6.18 Å². The Kier molecular flexibility index (Phi) is 3.97. The smallest absolute Gasteiger partial charge is 0.312 e. The minimum atomic E-state index is -4.36. The number of hydrogen-bond acceptors (Lipinski definition) is 1. The molecule has 132 valence electrons. The Labute approximate surface area is 147 Å². The molecular weight excluding hydrogens is 344 g/mol. The molecule has 2 aromatic carbocycles. The van der Waals surface area contributed by atoms with Crippen LogP contribution < -0.4 is 5.32 Å². The lowest BCUT2D eigenvalue weighted by Crippen LogP contribution is -2.24. The fourth-order valence-corrected chi connectivity index (χ4v) is 3.25. The lowest BCUT2D eigenvalue weighted by atomic mass is 10.1. The number of alkyl halides is 3. The summed E-state index contributed by atoms with van der Waals surface area (Å²) in [7, 11) is 0. The highest BCUT2D eigenvalue weighted by Crippen LogP contribution is 2.30. The summed E-state index contributed by atoms with van der Waals surface area (Å²) in [6, 6.07) is 12.3. The summed E-state index contributed by atoms with van der Waals surface area (Å²) >= 11 is 0. The zero-order valence-electron chi connectivity index (χ0n) is 13.6. The van der Waals surface area contributed by atoms with Gasteiger partial charge in [0.1, 0.15) is 5.82 Å². The van der Waals surface area contributed by atoms with E-state index in [1.165, 1.54) is 24.3 Å². The number of benzene rings is 2. The molecular formula is C20H14F4N2. The lowest BCUT2D eigenvalue weighted by Gasteiger charge is -2.14. The fraction of sp³-hybridized carbons (Fsp3) is 0.200. The van der Waals surface area contributed by atoms with Crippen LogP contribution in [0.15, 0.2) is 42.5 Å². The Hall–Kier alpha value is -2.78. The van der Waals surface area contributed by atoms with Gasteiger partial charge in [-0.3, -0.25) is 4.57 Å². The van der Waals surface area contributed by atoms with E-state index in [1.807, 2.05) is 4.57 Å². The van der Waals surface area contributed by atoms with Crippen LogP contribution in [0.1, 0.15) is 22.4 Å². The van der Waals surface area contributed by atoms with Crippen LogP contribution in [0.3, 0.4) is 0 Å². The highest BCUT2D eigenvalue weighted by molar-refractivity contribution is 5.87. The van der Waals surface area contributed by atoms with Crippen LogP contribution in [0.5, 0.6) is 0 Å². The maximum Gasteiger partial charge on any atom is 0.416 e. The van der Waals surface area contributed by atoms with Gasteiger partial charge in [-0.1, -0.05) is 0 Å². The topological polar surface area (TPSA) is 17.0 Å². The quantitative estimate of drug-likeness (QED) is 0.468. The van der Waals surface area contributed by atoms with Gasteiger partial charge in [0, 0.05) is 42.2 Å². The molecule has 0 saturated carbocycles. The molecule has 0 bridgehead atoms. The van der Waals surface area contributed by atoms with E-state index in [2.05, 4.69) is 17.3 Å². The van der Waals surface area contributed by atoms with E-state index in [1.54, 1.807) is 6.07 Å². The fourth-order valence-electron chi connectivity index (χ4n) is 3.25. The van der Waals surface area contributed by atoms with Gasteiger partial charge in [-0.25, -0.2) is 4.39 Å². The maximum absolute atomic E-state index is 13.6. The Morgan fingerprint density at radius 2 is 1.81 bits per heavy atom. The van der Waals surface area contributed by atoms with Crippen LogP contribution in [-0.2, 0) is 19.1 Å². The molecule has 1 aromatic heterocycles. The predicted molar refractivity (Wildman–Crippen MR) is 91.0 cm³/mol. The number of hydrogen-bond donors (Lipinski definition) is 1. The minimum Gasteiger partial charge on any atom is -0.312 e. The van der Waals surface area contributed by atoms with Gasteiger partial charge in [0.25, 0.3) is 0 Å². The largest absolute Gasteiger partial charge is 0.416 e. The zero-order chi connectivity index (χ0) is 18.3. The van der Waals surface area contributed by atoms with Gasteiger partial charge < -0.3 is 5.32 Å². The molecule has 2 nitrogen and oxygen atoms in total. The first kappa shape index (κ1) is 16.7. The SMILES string of the molecule is Fc1ccc2c(c1)c1c(n2C#Cc2ccc(C(F)(F)F)cc2)CCNC1. The van der Waals surface area contributed by atoms with Crippen LogP contribution in [0, 0.1) is 17.8 Å². The van der Waals surface area contributed by atoms with Crippen LogP contribution in [0.25, 0.3) is 10.9 Å². The van der Waals surface area contributed by atoms with Crippen LogP contribution >= 0.6 is 0 Å². The van der Waals surface area contributed by atoms with Gasteiger partial charge in [-0.05, 0) is 53.9 Å². The van der Waals surface area contributed by atoms with Crippen molar-refractivity contribution in [2.45, 2.75) is 19.1 Å². The third kappa shape index (κ3) is 2.95. The molecule has 6 heteroatoms. The first-order valence-corrected chi connectivity index (χ1v) is 8.15. The van der Waals surface area contributed by atoms with Crippen molar-refractivity contribution in [3.8, 4) is 12.0 Å². The molecule has 2 heterocycles. The van der Waals surface area contributed by atoms with E-state index < -0.39 is 11.7 Å². The van der Waals surface area contributed by atoms with E-state index in [0.717, 1.165) is 47.3 Å². The van der Waals surface area contributed by atoms with E-state index >= 15 is 0 Å². The average molecular weight is 358 g/mol. The van der Waals surface area contributed by atoms with E-state index in [0.29, 0.717) is 12.1 Å². The normalized spacial score (nSPS) is 14.0. The molecule has 1 N–H and O–H groups in total. The Balaban J connectivity index is 1.78. The van der Waals surface area contributed by atoms with E-state index in [9.17, 15) is 17.6 Å². The highest BCUT2D eigenvalue weighted by atomic mass is 19.4. The summed E-state index contributed by atoms with van der Waals surface area (Å²) in [5.41, 5.74) is 2.63. The van der Waals surface area contributed by atoms with Gasteiger partial charge in [0.2, 0.25) is 0 Å². The molecule has 0 atom stereocenters. The van der Waals surface area contributed by atoms with Crippen molar-refractivity contribution in [2.75, 3.05) is 6.54 Å². The van der Waals surface area contributed by atoms with Crippen molar-refractivity contribution in [1.29, 1.82) is 0 Å². The zero-order valence-corrected chi connectivity index (χ0v) is 13.6. The molecule has 0 fully saturated rings. The molecule has 4 rings (SSSR count). The van der Waals surface area contributed by atoms with Crippen molar-refractivity contribution in [2.24, 2.45) is 0 Å². The van der Waals surface area contributed by atoms with Gasteiger partial charge in [-0.2, -0.15) is 13.2 Å². The summed E-state index contributed by atoms with van der Waals surface area (Å²) in [5, 5.41) is 4.08. The molecule has 0 unspecified atom stereocenters. The summed E-state index contributed by atoms with van der Waals surface area (Å²) < 4.78 is 53.4. The molecule has 1 aliphatic rings. The molecule has 0 amide bonds. The van der Waals surface area contributed by atoms with Crippen LogP contribution in [-0.4, -0.2) is 11.1 Å². The Bertz CT molecular complexity index is 1030. The summed E-state index contributed by atoms with van der Waals surface area (Å²) in [4.78, 5) is 0. The number of fused-ring (bicyclic) bond motifs is 3. The van der Waals surface area contributed by atoms with Gasteiger partial charge in [0.05, 0.1) is 11.1 Å². The number of aromatic nitrogens is 1.